The van der Waals surface area contributed by atoms with E-state index in [1.807, 2.05) is 11.4 Å². The second-order valence-corrected chi connectivity index (χ2v) is 10.2. The van der Waals surface area contributed by atoms with Gasteiger partial charge in [-0.1, -0.05) is 36.4 Å². The fraction of sp³-hybridized carbons (Fsp3) is 0.273. The Balaban J connectivity index is 1.37. The molecule has 1 N–H and O–H groups in total. The molecule has 4 nitrogen and oxygen atoms in total. The minimum atomic E-state index is -4.59. The van der Waals surface area contributed by atoms with Crippen molar-refractivity contribution in [1.82, 2.24) is 9.62 Å². The lowest BCUT2D eigenvalue weighted by Gasteiger charge is -2.17. The molecular formula is C22H21F3N2O2S2. The summed E-state index contributed by atoms with van der Waals surface area (Å²) < 4.78 is 66.4. The summed E-state index contributed by atoms with van der Waals surface area (Å²) in [5.74, 6) is 0. The van der Waals surface area contributed by atoms with Crippen LogP contribution in [0.1, 0.15) is 17.5 Å². The Morgan fingerprint density at radius 2 is 1.84 bits per heavy atom. The summed E-state index contributed by atoms with van der Waals surface area (Å²) in [5, 5.41) is 2.04. The van der Waals surface area contributed by atoms with Gasteiger partial charge in [0.2, 0.25) is 10.0 Å². The molecule has 2 aromatic carbocycles. The number of benzene rings is 2. The summed E-state index contributed by atoms with van der Waals surface area (Å²) in [5.41, 5.74) is 1.31. The summed E-state index contributed by atoms with van der Waals surface area (Å²) in [7, 11) is -4.03. The molecule has 2 heterocycles. The van der Waals surface area contributed by atoms with Crippen LogP contribution < -0.4 is 4.72 Å². The number of nitrogens with zero attached hydrogens (tertiary/aromatic N) is 1. The Kier molecular flexibility index (Phi) is 6.20. The lowest BCUT2D eigenvalue weighted by Crippen LogP contribution is -2.37. The maximum atomic E-state index is 12.9. The first-order valence-corrected chi connectivity index (χ1v) is 12.1. The van der Waals surface area contributed by atoms with Gasteiger partial charge < -0.3 is 0 Å². The molecular weight excluding hydrogens is 445 g/mol. The molecule has 1 unspecified atom stereocenters. The van der Waals surface area contributed by atoms with Crippen LogP contribution in [0.25, 0.3) is 10.4 Å². The fourth-order valence-corrected chi connectivity index (χ4v) is 5.72. The Morgan fingerprint density at radius 1 is 1.06 bits per heavy atom. The van der Waals surface area contributed by atoms with Crippen LogP contribution in [0.5, 0.6) is 0 Å². The lowest BCUT2D eigenvalue weighted by molar-refractivity contribution is -0.137. The monoisotopic (exact) mass is 466 g/mol. The minimum absolute atomic E-state index is 0.343. The third-order valence-electron chi connectivity index (χ3n) is 5.23. The molecule has 0 bridgehead atoms. The molecule has 0 saturated carbocycles. The van der Waals surface area contributed by atoms with E-state index in [1.165, 1.54) is 10.9 Å². The van der Waals surface area contributed by atoms with E-state index in [9.17, 15) is 21.6 Å². The van der Waals surface area contributed by atoms with E-state index in [0.717, 1.165) is 23.3 Å². The third-order valence-corrected chi connectivity index (χ3v) is 7.67. The molecule has 1 atom stereocenters. The second kappa shape index (κ2) is 8.74. The van der Waals surface area contributed by atoms with Crippen molar-refractivity contribution in [3.05, 3.63) is 77.2 Å². The first-order valence-electron chi connectivity index (χ1n) is 9.75. The lowest BCUT2D eigenvalue weighted by atomic mass is 10.1. The first-order chi connectivity index (χ1) is 14.7. The fourth-order valence-electron chi connectivity index (χ4n) is 3.67. The molecule has 31 heavy (non-hydrogen) atoms. The van der Waals surface area contributed by atoms with E-state index in [0.29, 0.717) is 32.1 Å². The van der Waals surface area contributed by atoms with Crippen LogP contribution in [0, 0.1) is 0 Å². The molecule has 0 amide bonds. The predicted molar refractivity (Wildman–Crippen MR) is 115 cm³/mol. The van der Waals surface area contributed by atoms with Gasteiger partial charge in [-0.15, -0.1) is 11.3 Å². The van der Waals surface area contributed by atoms with Crippen molar-refractivity contribution in [2.45, 2.75) is 30.1 Å². The van der Waals surface area contributed by atoms with Crippen LogP contribution >= 0.6 is 11.3 Å². The molecule has 0 radical (unpaired) electrons. The van der Waals surface area contributed by atoms with Crippen LogP contribution in [0.4, 0.5) is 13.2 Å². The number of rotatable bonds is 6. The smallest absolute Gasteiger partial charge is 0.297 e. The van der Waals surface area contributed by atoms with Gasteiger partial charge in [0.1, 0.15) is 0 Å². The van der Waals surface area contributed by atoms with Gasteiger partial charge >= 0.3 is 6.18 Å². The molecule has 1 aliphatic rings. The third kappa shape index (κ3) is 5.35. The van der Waals surface area contributed by atoms with E-state index in [4.69, 9.17) is 0 Å². The van der Waals surface area contributed by atoms with Gasteiger partial charge in [0.15, 0.2) is 0 Å². The highest BCUT2D eigenvalue weighted by molar-refractivity contribution is 7.89. The molecule has 3 aromatic rings. The molecule has 1 saturated heterocycles. The number of halogens is 3. The summed E-state index contributed by atoms with van der Waals surface area (Å²) in [4.78, 5) is 2.97. The molecule has 164 valence electrons. The number of likely N-dealkylation sites (tertiary alicyclic amines) is 1. The number of hydrogen-bond acceptors (Lipinski definition) is 4. The standard InChI is InChI=1S/C22H21F3N2O2S2/c23-22(24,25)18-3-1-4-20(13-18)31(28,29)26-19-10-11-27(15-19)14-16-6-8-17(9-7-16)21-5-2-12-30-21/h1-9,12-13,19,26H,10-11,14-15H2. The SMILES string of the molecule is O=S(=O)(NC1CCN(Cc2ccc(-c3cccs3)cc2)C1)c1cccc(C(F)(F)F)c1. The zero-order chi connectivity index (χ0) is 22.1. The van der Waals surface area contributed by atoms with E-state index in [2.05, 4.69) is 40.0 Å². The number of alkyl halides is 3. The van der Waals surface area contributed by atoms with Crippen molar-refractivity contribution in [2.24, 2.45) is 0 Å². The van der Waals surface area contributed by atoms with Gasteiger partial charge in [-0.05, 0) is 47.2 Å². The zero-order valence-corrected chi connectivity index (χ0v) is 18.1. The zero-order valence-electron chi connectivity index (χ0n) is 16.5. The van der Waals surface area contributed by atoms with E-state index < -0.39 is 21.8 Å². The highest BCUT2D eigenvalue weighted by atomic mass is 32.2. The normalized spacial score (nSPS) is 17.8. The summed E-state index contributed by atoms with van der Waals surface area (Å²) in [6.45, 7) is 1.90. The average molecular weight is 467 g/mol. The van der Waals surface area contributed by atoms with Gasteiger partial charge in [-0.25, -0.2) is 13.1 Å². The molecule has 0 spiro atoms. The van der Waals surface area contributed by atoms with E-state index >= 15 is 0 Å². The molecule has 4 rings (SSSR count). The molecule has 9 heteroatoms. The molecule has 0 aliphatic carbocycles. The van der Waals surface area contributed by atoms with Crippen LogP contribution in [-0.2, 0) is 22.7 Å². The highest BCUT2D eigenvalue weighted by Crippen LogP contribution is 2.30. The van der Waals surface area contributed by atoms with Crippen molar-refractivity contribution >= 4 is 21.4 Å². The average Bonchev–Trinajstić information content (AvgIpc) is 3.40. The topological polar surface area (TPSA) is 49.4 Å². The van der Waals surface area contributed by atoms with Gasteiger partial charge in [0.25, 0.3) is 0 Å². The van der Waals surface area contributed by atoms with Gasteiger partial charge in [-0.3, -0.25) is 4.90 Å². The van der Waals surface area contributed by atoms with Gasteiger partial charge in [0, 0.05) is 30.6 Å². The Bertz CT molecular complexity index is 1130. The summed E-state index contributed by atoms with van der Waals surface area (Å²) in [6.07, 6.45) is -3.99. The Hall–Kier alpha value is -2.20. The Morgan fingerprint density at radius 3 is 2.52 bits per heavy atom. The second-order valence-electron chi connectivity index (χ2n) is 7.54. The predicted octanol–water partition coefficient (Wildman–Crippen LogP) is 4.99. The number of nitrogens with one attached hydrogen (secondary N) is 1. The molecule has 1 fully saturated rings. The maximum absolute atomic E-state index is 12.9. The number of hydrogen-bond donors (Lipinski definition) is 1. The first kappa shape index (κ1) is 22.0. The van der Waals surface area contributed by atoms with E-state index in [1.54, 1.807) is 11.3 Å². The van der Waals surface area contributed by atoms with Gasteiger partial charge in [-0.2, -0.15) is 13.2 Å². The number of thiophene rings is 1. The van der Waals surface area contributed by atoms with E-state index in [-0.39, 0.29) is 10.9 Å². The van der Waals surface area contributed by atoms with Crippen LogP contribution in [0.2, 0.25) is 0 Å². The van der Waals surface area contributed by atoms with Crippen LogP contribution in [-0.4, -0.2) is 32.4 Å². The summed E-state index contributed by atoms with van der Waals surface area (Å²) in [6, 6.07) is 15.8. The van der Waals surface area contributed by atoms with Crippen LogP contribution in [0.3, 0.4) is 0 Å². The maximum Gasteiger partial charge on any atom is 0.416 e. The number of sulfonamides is 1. The molecule has 1 aliphatic heterocycles. The quantitative estimate of drug-likeness (QED) is 0.557. The van der Waals surface area contributed by atoms with Crippen molar-refractivity contribution in [1.29, 1.82) is 0 Å². The van der Waals surface area contributed by atoms with Crippen molar-refractivity contribution in [3.8, 4) is 10.4 Å². The summed E-state index contributed by atoms with van der Waals surface area (Å²) >= 11 is 1.68. The largest absolute Gasteiger partial charge is 0.416 e. The van der Waals surface area contributed by atoms with Crippen molar-refractivity contribution < 1.29 is 21.6 Å². The molecule has 1 aromatic heterocycles. The van der Waals surface area contributed by atoms with Crippen molar-refractivity contribution in [3.63, 3.8) is 0 Å². The van der Waals surface area contributed by atoms with Crippen LogP contribution in [0.15, 0.2) is 70.9 Å². The Labute approximate surface area is 183 Å². The van der Waals surface area contributed by atoms with Crippen molar-refractivity contribution in [2.75, 3.05) is 13.1 Å². The highest BCUT2D eigenvalue weighted by Gasteiger charge is 2.33. The van der Waals surface area contributed by atoms with Gasteiger partial charge in [0.05, 0.1) is 10.5 Å². The minimum Gasteiger partial charge on any atom is -0.297 e.